The van der Waals surface area contributed by atoms with Crippen molar-refractivity contribution in [3.63, 3.8) is 0 Å². The Morgan fingerprint density at radius 1 is 1.39 bits per heavy atom. The number of halogens is 1. The van der Waals surface area contributed by atoms with Gasteiger partial charge in [0.05, 0.1) is 7.11 Å². The van der Waals surface area contributed by atoms with E-state index in [4.69, 9.17) is 10.5 Å². The molecule has 18 heavy (non-hydrogen) atoms. The van der Waals surface area contributed by atoms with Crippen molar-refractivity contribution in [1.82, 2.24) is 5.32 Å². The van der Waals surface area contributed by atoms with Crippen LogP contribution in [0.4, 0.5) is 0 Å². The summed E-state index contributed by atoms with van der Waals surface area (Å²) in [7, 11) is 1.71. The monoisotopic (exact) mass is 312 g/mol. The molecule has 1 aromatic carbocycles. The van der Waals surface area contributed by atoms with Crippen LogP contribution in [0.5, 0.6) is 5.75 Å². The molecule has 1 aliphatic rings. The number of ether oxygens (including phenoxy) is 1. The summed E-state index contributed by atoms with van der Waals surface area (Å²) in [6.07, 6.45) is 4.85. The minimum absolute atomic E-state index is 0.289. The van der Waals surface area contributed by atoms with Gasteiger partial charge in [0.25, 0.3) is 0 Å². The summed E-state index contributed by atoms with van der Waals surface area (Å²) in [4.78, 5) is 0. The van der Waals surface area contributed by atoms with Crippen LogP contribution in [0.2, 0.25) is 0 Å². The van der Waals surface area contributed by atoms with Crippen molar-refractivity contribution in [2.24, 2.45) is 5.73 Å². The van der Waals surface area contributed by atoms with Crippen LogP contribution in [-0.4, -0.2) is 19.2 Å². The Morgan fingerprint density at radius 3 is 2.89 bits per heavy atom. The van der Waals surface area contributed by atoms with Crippen LogP contribution < -0.4 is 15.8 Å². The second-order valence-electron chi connectivity index (χ2n) is 4.89. The summed E-state index contributed by atoms with van der Waals surface area (Å²) in [5.41, 5.74) is 7.31. The smallest absolute Gasteiger partial charge is 0.123 e. The van der Waals surface area contributed by atoms with Crippen LogP contribution in [0.25, 0.3) is 0 Å². The number of benzene rings is 1. The van der Waals surface area contributed by atoms with Crippen LogP contribution >= 0.6 is 15.9 Å². The highest BCUT2D eigenvalue weighted by atomic mass is 79.9. The number of nitrogens with one attached hydrogen (secondary N) is 1. The van der Waals surface area contributed by atoms with Crippen LogP contribution in [0.3, 0.4) is 0 Å². The Bertz CT molecular complexity index is 397. The molecule has 1 saturated carbocycles. The van der Waals surface area contributed by atoms with Crippen molar-refractivity contribution in [3.8, 4) is 5.75 Å². The SMILES string of the molecule is COc1ccc(Br)cc1CNC1CCCCC1N. The molecular formula is C14H21BrN2O. The van der Waals surface area contributed by atoms with Gasteiger partial charge in [-0.3, -0.25) is 0 Å². The largest absolute Gasteiger partial charge is 0.496 e. The zero-order valence-corrected chi connectivity index (χ0v) is 12.4. The molecule has 0 amide bonds. The molecule has 1 fully saturated rings. The van der Waals surface area contributed by atoms with Gasteiger partial charge in [0.2, 0.25) is 0 Å². The van der Waals surface area contributed by atoms with Gasteiger partial charge >= 0.3 is 0 Å². The van der Waals surface area contributed by atoms with Crippen molar-refractivity contribution in [1.29, 1.82) is 0 Å². The summed E-state index contributed by atoms with van der Waals surface area (Å²) in [5.74, 6) is 0.926. The quantitative estimate of drug-likeness (QED) is 0.898. The molecule has 2 unspecified atom stereocenters. The molecule has 4 heteroatoms. The molecular weight excluding hydrogens is 292 g/mol. The average molecular weight is 313 g/mol. The fraction of sp³-hybridized carbons (Fsp3) is 0.571. The van der Waals surface area contributed by atoms with Crippen LogP contribution in [-0.2, 0) is 6.54 Å². The number of methoxy groups -OCH3 is 1. The minimum Gasteiger partial charge on any atom is -0.496 e. The topological polar surface area (TPSA) is 47.3 Å². The zero-order valence-electron chi connectivity index (χ0n) is 10.8. The molecule has 0 heterocycles. The summed E-state index contributed by atoms with van der Waals surface area (Å²) < 4.78 is 6.45. The van der Waals surface area contributed by atoms with Gasteiger partial charge < -0.3 is 15.8 Å². The zero-order chi connectivity index (χ0) is 13.0. The van der Waals surface area contributed by atoms with E-state index in [0.717, 1.165) is 23.2 Å². The fourth-order valence-corrected chi connectivity index (χ4v) is 2.95. The minimum atomic E-state index is 0.289. The molecule has 100 valence electrons. The fourth-order valence-electron chi connectivity index (χ4n) is 2.54. The molecule has 2 rings (SSSR count). The molecule has 0 aliphatic heterocycles. The van der Waals surface area contributed by atoms with E-state index < -0.39 is 0 Å². The van der Waals surface area contributed by atoms with Crippen LogP contribution in [0, 0.1) is 0 Å². The Kier molecular flexibility index (Phi) is 5.03. The third-order valence-corrected chi connectivity index (χ3v) is 4.11. The lowest BCUT2D eigenvalue weighted by molar-refractivity contribution is 0.324. The van der Waals surface area contributed by atoms with Crippen molar-refractivity contribution in [2.75, 3.05) is 7.11 Å². The van der Waals surface area contributed by atoms with Crippen molar-refractivity contribution in [2.45, 2.75) is 44.3 Å². The molecule has 0 aromatic heterocycles. The normalized spacial score (nSPS) is 23.9. The standard InChI is InChI=1S/C14H21BrN2O/c1-18-14-7-6-11(15)8-10(14)9-17-13-5-3-2-4-12(13)16/h6-8,12-13,17H,2-5,9,16H2,1H3. The maximum Gasteiger partial charge on any atom is 0.123 e. The highest BCUT2D eigenvalue weighted by molar-refractivity contribution is 9.10. The molecule has 0 spiro atoms. The summed E-state index contributed by atoms with van der Waals surface area (Å²) in [5, 5.41) is 3.56. The first-order valence-corrected chi connectivity index (χ1v) is 7.31. The lowest BCUT2D eigenvalue weighted by atomic mass is 9.91. The molecule has 1 aromatic rings. The van der Waals surface area contributed by atoms with Crippen LogP contribution in [0.1, 0.15) is 31.2 Å². The first-order valence-electron chi connectivity index (χ1n) is 6.52. The van der Waals surface area contributed by atoms with E-state index in [0.29, 0.717) is 6.04 Å². The third-order valence-electron chi connectivity index (χ3n) is 3.62. The Morgan fingerprint density at radius 2 is 2.17 bits per heavy atom. The van der Waals surface area contributed by atoms with Crippen molar-refractivity contribution in [3.05, 3.63) is 28.2 Å². The lowest BCUT2D eigenvalue weighted by Gasteiger charge is -2.29. The molecule has 0 bridgehead atoms. The van der Waals surface area contributed by atoms with Gasteiger partial charge in [-0.1, -0.05) is 28.8 Å². The van der Waals surface area contributed by atoms with Crippen molar-refractivity contribution >= 4 is 15.9 Å². The van der Waals surface area contributed by atoms with Gasteiger partial charge in [-0.15, -0.1) is 0 Å². The molecule has 1 aliphatic carbocycles. The highest BCUT2D eigenvalue weighted by Crippen LogP contribution is 2.24. The second kappa shape index (κ2) is 6.55. The Labute approximate surface area is 117 Å². The first-order chi connectivity index (χ1) is 8.70. The second-order valence-corrected chi connectivity index (χ2v) is 5.81. The van der Waals surface area contributed by atoms with E-state index in [1.165, 1.54) is 24.8 Å². The van der Waals surface area contributed by atoms with E-state index >= 15 is 0 Å². The predicted octanol–water partition coefficient (Wildman–Crippen LogP) is 2.82. The Hall–Kier alpha value is -0.580. The molecule has 0 radical (unpaired) electrons. The van der Waals surface area contributed by atoms with Gasteiger partial charge in [-0.25, -0.2) is 0 Å². The third kappa shape index (κ3) is 3.46. The summed E-state index contributed by atoms with van der Waals surface area (Å²) in [6.45, 7) is 0.807. The highest BCUT2D eigenvalue weighted by Gasteiger charge is 2.21. The van der Waals surface area contributed by atoms with E-state index in [9.17, 15) is 0 Å². The van der Waals surface area contributed by atoms with Gasteiger partial charge in [0.15, 0.2) is 0 Å². The van der Waals surface area contributed by atoms with E-state index in [-0.39, 0.29) is 6.04 Å². The Balaban J connectivity index is 1.98. The van der Waals surface area contributed by atoms with E-state index in [2.05, 4.69) is 27.3 Å². The summed E-state index contributed by atoms with van der Waals surface area (Å²) in [6, 6.07) is 6.80. The maximum absolute atomic E-state index is 6.14. The van der Waals surface area contributed by atoms with E-state index in [1.807, 2.05) is 12.1 Å². The lowest BCUT2D eigenvalue weighted by Crippen LogP contribution is -2.46. The molecule has 2 atom stereocenters. The van der Waals surface area contributed by atoms with E-state index in [1.54, 1.807) is 7.11 Å². The number of hydrogen-bond acceptors (Lipinski definition) is 3. The van der Waals surface area contributed by atoms with Gasteiger partial charge in [0.1, 0.15) is 5.75 Å². The molecule has 3 N–H and O–H groups in total. The number of rotatable bonds is 4. The first kappa shape index (κ1) is 13.8. The number of nitrogens with two attached hydrogens (primary N) is 1. The molecule has 3 nitrogen and oxygen atoms in total. The molecule has 0 saturated heterocycles. The maximum atomic E-state index is 6.14. The predicted molar refractivity (Wildman–Crippen MR) is 77.8 cm³/mol. The van der Waals surface area contributed by atoms with Crippen LogP contribution in [0.15, 0.2) is 22.7 Å². The number of hydrogen-bond donors (Lipinski definition) is 2. The van der Waals surface area contributed by atoms with Crippen molar-refractivity contribution < 1.29 is 4.74 Å². The summed E-state index contributed by atoms with van der Waals surface area (Å²) >= 11 is 3.50. The van der Waals surface area contributed by atoms with Gasteiger partial charge in [0, 0.05) is 28.7 Å². The average Bonchev–Trinajstić information content (AvgIpc) is 2.38. The van der Waals surface area contributed by atoms with Gasteiger partial charge in [-0.05, 0) is 31.0 Å². The van der Waals surface area contributed by atoms with Gasteiger partial charge in [-0.2, -0.15) is 0 Å².